The molecule has 1 atom stereocenters. The van der Waals surface area contributed by atoms with Crippen molar-refractivity contribution < 1.29 is 9.59 Å². The average molecular weight is 423 g/mol. The molecule has 1 unspecified atom stereocenters. The Balaban J connectivity index is 0.00000300. The van der Waals surface area contributed by atoms with E-state index in [1.54, 1.807) is 0 Å². The lowest BCUT2D eigenvalue weighted by atomic mass is 9.71. The summed E-state index contributed by atoms with van der Waals surface area (Å²) in [6.45, 7) is 1.86. The van der Waals surface area contributed by atoms with Gasteiger partial charge < -0.3 is 21.3 Å². The van der Waals surface area contributed by atoms with Crippen LogP contribution < -0.4 is 16.4 Å². The predicted molar refractivity (Wildman–Crippen MR) is 119 cm³/mol. The number of nitrogens with two attached hydrogens (primary N) is 1. The molecule has 3 amide bonds. The van der Waals surface area contributed by atoms with Crippen molar-refractivity contribution in [3.05, 3.63) is 30.3 Å². The summed E-state index contributed by atoms with van der Waals surface area (Å²) in [6.07, 6.45) is 9.35. The van der Waals surface area contributed by atoms with E-state index in [0.717, 1.165) is 44.3 Å². The van der Waals surface area contributed by atoms with E-state index in [2.05, 4.69) is 10.6 Å². The van der Waals surface area contributed by atoms with Crippen LogP contribution in [0.2, 0.25) is 0 Å². The maximum absolute atomic E-state index is 13.1. The van der Waals surface area contributed by atoms with Gasteiger partial charge in [-0.25, -0.2) is 4.79 Å². The zero-order valence-corrected chi connectivity index (χ0v) is 18.0. The lowest BCUT2D eigenvalue weighted by molar-refractivity contribution is -0.137. The molecule has 0 radical (unpaired) electrons. The number of halogens is 1. The van der Waals surface area contributed by atoms with Crippen molar-refractivity contribution in [2.75, 3.05) is 25.0 Å². The van der Waals surface area contributed by atoms with Crippen LogP contribution in [0, 0.1) is 5.41 Å². The Morgan fingerprint density at radius 2 is 1.79 bits per heavy atom. The summed E-state index contributed by atoms with van der Waals surface area (Å²) in [6, 6.07) is 9.23. The quantitative estimate of drug-likeness (QED) is 0.649. The summed E-state index contributed by atoms with van der Waals surface area (Å²) in [7, 11) is 0. The van der Waals surface area contributed by atoms with Crippen LogP contribution in [0.1, 0.15) is 57.8 Å². The van der Waals surface area contributed by atoms with E-state index >= 15 is 0 Å². The van der Waals surface area contributed by atoms with Gasteiger partial charge in [0.05, 0.1) is 0 Å². The van der Waals surface area contributed by atoms with Crippen molar-refractivity contribution in [3.8, 4) is 0 Å². The summed E-state index contributed by atoms with van der Waals surface area (Å²) < 4.78 is 0. The minimum Gasteiger partial charge on any atom is -0.338 e. The number of piperidine rings is 1. The molecule has 1 saturated carbocycles. The molecule has 1 aliphatic heterocycles. The predicted octanol–water partition coefficient (Wildman–Crippen LogP) is 3.91. The number of para-hydroxylation sites is 1. The number of nitrogens with zero attached hydrogens (tertiary/aromatic N) is 1. The molecule has 1 saturated heterocycles. The van der Waals surface area contributed by atoms with Crippen molar-refractivity contribution in [1.82, 2.24) is 10.2 Å². The highest BCUT2D eigenvalue weighted by Gasteiger charge is 2.36. The second-order valence-electron chi connectivity index (χ2n) is 8.38. The Bertz CT molecular complexity index is 649. The van der Waals surface area contributed by atoms with Gasteiger partial charge in [-0.05, 0) is 56.2 Å². The summed E-state index contributed by atoms with van der Waals surface area (Å²) in [5, 5.41) is 5.78. The number of carbonyl (C=O) groups excluding carboxylic acids is 2. The minimum atomic E-state index is -0.227. The van der Waals surface area contributed by atoms with Crippen LogP contribution in [0.4, 0.5) is 10.5 Å². The normalized spacial score (nSPS) is 21.0. The first-order chi connectivity index (χ1) is 13.6. The van der Waals surface area contributed by atoms with Gasteiger partial charge in [-0.1, -0.05) is 37.5 Å². The number of nitrogens with one attached hydrogen (secondary N) is 2. The minimum absolute atomic E-state index is 0. The van der Waals surface area contributed by atoms with Gasteiger partial charge in [-0.15, -0.1) is 12.4 Å². The van der Waals surface area contributed by atoms with E-state index in [-0.39, 0.29) is 35.8 Å². The van der Waals surface area contributed by atoms with Crippen molar-refractivity contribution in [2.24, 2.45) is 11.1 Å². The van der Waals surface area contributed by atoms with Gasteiger partial charge in [-0.3, -0.25) is 4.79 Å². The van der Waals surface area contributed by atoms with E-state index < -0.39 is 0 Å². The fraction of sp³-hybridized carbons (Fsp3) is 0.636. The number of urea groups is 1. The van der Waals surface area contributed by atoms with Crippen LogP contribution in [-0.4, -0.2) is 42.5 Å². The third-order valence-corrected chi connectivity index (χ3v) is 6.35. The largest absolute Gasteiger partial charge is 0.338 e. The van der Waals surface area contributed by atoms with Crippen molar-refractivity contribution in [1.29, 1.82) is 0 Å². The van der Waals surface area contributed by atoms with Crippen LogP contribution in [0.5, 0.6) is 0 Å². The molecule has 3 rings (SSSR count). The second kappa shape index (κ2) is 11.4. The molecular weight excluding hydrogens is 388 g/mol. The highest BCUT2D eigenvalue weighted by molar-refractivity contribution is 5.89. The fourth-order valence-corrected chi connectivity index (χ4v) is 4.63. The van der Waals surface area contributed by atoms with Gasteiger partial charge in [0.1, 0.15) is 0 Å². The fourth-order valence-electron chi connectivity index (χ4n) is 4.63. The van der Waals surface area contributed by atoms with Crippen molar-refractivity contribution in [2.45, 2.75) is 63.8 Å². The van der Waals surface area contributed by atoms with Gasteiger partial charge in [-0.2, -0.15) is 0 Å². The van der Waals surface area contributed by atoms with Gasteiger partial charge in [0, 0.05) is 31.2 Å². The number of hydrogen-bond donors (Lipinski definition) is 3. The molecule has 4 N–H and O–H groups in total. The standard InChI is InChI=1S/C22H34N4O2.ClH/c23-17-22(12-6-2-7-13-22)15-20(27)26-14-8-5-11-19(26)16-24-21(28)25-18-9-3-1-4-10-18;/h1,3-4,9-10,19H,2,5-8,11-17,23H2,(H2,24,25,28);1H. The highest BCUT2D eigenvalue weighted by Crippen LogP contribution is 2.39. The summed E-state index contributed by atoms with van der Waals surface area (Å²) in [5.74, 6) is 0.210. The van der Waals surface area contributed by atoms with Crippen LogP contribution in [0.25, 0.3) is 0 Å². The van der Waals surface area contributed by atoms with Gasteiger partial charge >= 0.3 is 6.03 Å². The lowest BCUT2D eigenvalue weighted by Gasteiger charge is -2.41. The molecule has 0 aromatic heterocycles. The Hall–Kier alpha value is -1.79. The Kier molecular flexibility index (Phi) is 9.24. The van der Waals surface area contributed by atoms with Gasteiger partial charge in [0.2, 0.25) is 5.91 Å². The van der Waals surface area contributed by atoms with E-state index in [9.17, 15) is 9.59 Å². The summed E-state index contributed by atoms with van der Waals surface area (Å²) in [5.41, 5.74) is 6.83. The lowest BCUT2D eigenvalue weighted by Crippen LogP contribution is -2.51. The van der Waals surface area contributed by atoms with Crippen LogP contribution in [0.15, 0.2) is 30.3 Å². The van der Waals surface area contributed by atoms with E-state index in [1.165, 1.54) is 19.3 Å². The molecule has 29 heavy (non-hydrogen) atoms. The topological polar surface area (TPSA) is 87.5 Å². The first-order valence-electron chi connectivity index (χ1n) is 10.7. The maximum Gasteiger partial charge on any atom is 0.319 e. The molecule has 0 bridgehead atoms. The number of anilines is 1. The first-order valence-corrected chi connectivity index (χ1v) is 10.7. The van der Waals surface area contributed by atoms with Crippen molar-refractivity contribution >= 4 is 30.0 Å². The number of hydrogen-bond acceptors (Lipinski definition) is 3. The number of likely N-dealkylation sites (tertiary alicyclic amines) is 1. The van der Waals surface area contributed by atoms with Crippen LogP contribution >= 0.6 is 12.4 Å². The molecule has 2 aliphatic rings. The van der Waals surface area contributed by atoms with Crippen molar-refractivity contribution in [3.63, 3.8) is 0 Å². The average Bonchev–Trinajstić information content (AvgIpc) is 2.74. The Labute approximate surface area is 180 Å². The number of carbonyl (C=O) groups is 2. The Morgan fingerprint density at radius 1 is 1.07 bits per heavy atom. The highest BCUT2D eigenvalue weighted by atomic mass is 35.5. The second-order valence-corrected chi connectivity index (χ2v) is 8.38. The van der Waals surface area contributed by atoms with Crippen LogP contribution in [-0.2, 0) is 4.79 Å². The van der Waals surface area contributed by atoms with E-state index in [1.807, 2.05) is 35.2 Å². The molecule has 2 fully saturated rings. The smallest absolute Gasteiger partial charge is 0.319 e. The maximum atomic E-state index is 13.1. The van der Waals surface area contributed by atoms with Gasteiger partial charge in [0.25, 0.3) is 0 Å². The summed E-state index contributed by atoms with van der Waals surface area (Å²) >= 11 is 0. The Morgan fingerprint density at radius 3 is 2.48 bits per heavy atom. The number of rotatable bonds is 6. The molecule has 1 aliphatic carbocycles. The molecule has 1 heterocycles. The number of amides is 3. The molecule has 162 valence electrons. The SMILES string of the molecule is Cl.NCC1(CC(=O)N2CCCCC2CNC(=O)Nc2ccccc2)CCCCC1. The number of benzene rings is 1. The first kappa shape index (κ1) is 23.5. The molecular formula is C22H35ClN4O2. The molecule has 7 heteroatoms. The van der Waals surface area contributed by atoms with E-state index in [4.69, 9.17) is 5.73 Å². The van der Waals surface area contributed by atoms with E-state index in [0.29, 0.717) is 19.5 Å². The molecule has 0 spiro atoms. The monoisotopic (exact) mass is 422 g/mol. The molecule has 1 aromatic carbocycles. The molecule has 6 nitrogen and oxygen atoms in total. The summed E-state index contributed by atoms with van der Waals surface area (Å²) in [4.78, 5) is 27.3. The third kappa shape index (κ3) is 6.61. The zero-order chi connectivity index (χ0) is 19.8. The zero-order valence-electron chi connectivity index (χ0n) is 17.2. The van der Waals surface area contributed by atoms with Crippen LogP contribution in [0.3, 0.4) is 0 Å². The molecule has 1 aromatic rings. The third-order valence-electron chi connectivity index (χ3n) is 6.35. The van der Waals surface area contributed by atoms with Gasteiger partial charge in [0.15, 0.2) is 0 Å².